The van der Waals surface area contributed by atoms with E-state index in [4.69, 9.17) is 0 Å². The highest BCUT2D eigenvalue weighted by molar-refractivity contribution is 9.10. The molecule has 170 valence electrons. The number of nitrogens with zero attached hydrogens (tertiary/aromatic N) is 2. The predicted octanol–water partition coefficient (Wildman–Crippen LogP) is 3.67. The molecule has 0 saturated carbocycles. The number of carbonyl (C=O) groups is 1. The van der Waals surface area contributed by atoms with Crippen molar-refractivity contribution >= 4 is 37.5 Å². The minimum Gasteiger partial charge on any atom is -0.322 e. The number of carbonyl (C=O) groups excluding carboxylic acids is 1. The zero-order chi connectivity index (χ0) is 23.2. The highest BCUT2D eigenvalue weighted by Crippen LogP contribution is 2.37. The topological polar surface area (TPSA) is 88.5 Å². The second-order valence-electron chi connectivity index (χ2n) is 8.48. The average Bonchev–Trinajstić information content (AvgIpc) is 2.80. The van der Waals surface area contributed by atoms with Gasteiger partial charge in [0, 0.05) is 47.5 Å². The van der Waals surface area contributed by atoms with E-state index in [0.29, 0.717) is 35.4 Å². The van der Waals surface area contributed by atoms with Crippen LogP contribution in [0.15, 0.2) is 80.9 Å². The second-order valence-corrected chi connectivity index (χ2v) is 11.3. The van der Waals surface area contributed by atoms with Crippen molar-refractivity contribution < 1.29 is 13.2 Å². The number of pyridine rings is 1. The number of aromatic nitrogens is 1. The van der Waals surface area contributed by atoms with Gasteiger partial charge in [-0.05, 0) is 70.7 Å². The Kier molecular flexibility index (Phi) is 5.72. The molecule has 1 fully saturated rings. The first kappa shape index (κ1) is 22.1. The molecule has 1 amide bonds. The maximum Gasteiger partial charge on any atom is 0.256 e. The number of anilines is 1. The number of amides is 1. The van der Waals surface area contributed by atoms with E-state index >= 15 is 0 Å². The molecular formula is C24H22BrN3O4S. The third-order valence-corrected chi connectivity index (χ3v) is 8.85. The van der Waals surface area contributed by atoms with E-state index in [2.05, 4.69) is 21.2 Å². The number of piperidine rings is 1. The van der Waals surface area contributed by atoms with Gasteiger partial charge in [0.05, 0.1) is 10.5 Å². The predicted molar refractivity (Wildman–Crippen MR) is 129 cm³/mol. The standard InChI is InChI=1S/C24H22BrN3O4S/c25-21-5-2-1-4-20(21)24(30)26-18-8-10-19(11-9-18)33(31,32)27-13-16-12-17(15-27)22-6-3-7-23(29)28(22)14-16/h1-11,16-17H,12-15H2,(H,26,30). The lowest BCUT2D eigenvalue weighted by Crippen LogP contribution is -2.48. The van der Waals surface area contributed by atoms with Gasteiger partial charge < -0.3 is 9.88 Å². The number of hydrogen-bond donors (Lipinski definition) is 1. The lowest BCUT2D eigenvalue weighted by Gasteiger charge is -2.42. The maximum atomic E-state index is 13.4. The van der Waals surface area contributed by atoms with Crippen molar-refractivity contribution in [3.8, 4) is 0 Å². The van der Waals surface area contributed by atoms with Gasteiger partial charge in [0.25, 0.3) is 11.5 Å². The summed E-state index contributed by atoms with van der Waals surface area (Å²) in [7, 11) is -3.70. The molecule has 2 aliphatic rings. The molecule has 2 bridgehead atoms. The quantitative estimate of drug-likeness (QED) is 0.560. The third-order valence-electron chi connectivity index (χ3n) is 6.31. The van der Waals surface area contributed by atoms with Crippen LogP contribution in [0.1, 0.15) is 28.4 Å². The Morgan fingerprint density at radius 2 is 1.70 bits per heavy atom. The summed E-state index contributed by atoms with van der Waals surface area (Å²) in [6.07, 6.45) is 0.884. The minimum absolute atomic E-state index is 0.00376. The molecule has 33 heavy (non-hydrogen) atoms. The van der Waals surface area contributed by atoms with E-state index in [9.17, 15) is 18.0 Å². The molecule has 2 unspecified atom stereocenters. The van der Waals surface area contributed by atoms with Gasteiger partial charge in [-0.25, -0.2) is 8.42 Å². The molecule has 0 spiro atoms. The molecular weight excluding hydrogens is 506 g/mol. The fourth-order valence-electron chi connectivity index (χ4n) is 4.75. The number of sulfonamides is 1. The van der Waals surface area contributed by atoms with Crippen LogP contribution >= 0.6 is 15.9 Å². The van der Waals surface area contributed by atoms with E-state index in [1.54, 1.807) is 47.0 Å². The largest absolute Gasteiger partial charge is 0.322 e. The Morgan fingerprint density at radius 1 is 0.939 bits per heavy atom. The van der Waals surface area contributed by atoms with E-state index < -0.39 is 10.0 Å². The van der Waals surface area contributed by atoms with Crippen LogP contribution in [-0.4, -0.2) is 36.3 Å². The van der Waals surface area contributed by atoms with Crippen LogP contribution in [0, 0.1) is 5.92 Å². The molecule has 7 nitrogen and oxygen atoms in total. The van der Waals surface area contributed by atoms with E-state index in [0.717, 1.165) is 12.1 Å². The van der Waals surface area contributed by atoms with Gasteiger partial charge in [0.2, 0.25) is 10.0 Å². The lowest BCUT2D eigenvalue weighted by atomic mass is 9.84. The van der Waals surface area contributed by atoms with E-state index in [1.807, 2.05) is 12.1 Å². The van der Waals surface area contributed by atoms with Crippen LogP contribution in [0.4, 0.5) is 5.69 Å². The van der Waals surface area contributed by atoms with Crippen molar-refractivity contribution in [2.24, 2.45) is 5.92 Å². The van der Waals surface area contributed by atoms with E-state index in [-0.39, 0.29) is 28.2 Å². The van der Waals surface area contributed by atoms with Crippen LogP contribution in [0.5, 0.6) is 0 Å². The average molecular weight is 528 g/mol. The van der Waals surface area contributed by atoms with Crippen LogP contribution in [-0.2, 0) is 16.6 Å². The van der Waals surface area contributed by atoms with Crippen molar-refractivity contribution in [1.82, 2.24) is 8.87 Å². The zero-order valence-electron chi connectivity index (χ0n) is 17.6. The van der Waals surface area contributed by atoms with Crippen LogP contribution < -0.4 is 10.9 Å². The van der Waals surface area contributed by atoms with Crippen molar-refractivity contribution in [1.29, 1.82) is 0 Å². The summed E-state index contributed by atoms with van der Waals surface area (Å²) in [5, 5.41) is 2.80. The van der Waals surface area contributed by atoms with Crippen LogP contribution in [0.2, 0.25) is 0 Å². The molecule has 3 aromatic rings. The van der Waals surface area contributed by atoms with Crippen molar-refractivity contribution in [3.05, 3.63) is 92.8 Å². The minimum atomic E-state index is -3.70. The smallest absolute Gasteiger partial charge is 0.256 e. The first-order valence-electron chi connectivity index (χ1n) is 10.7. The monoisotopic (exact) mass is 527 g/mol. The number of fused-ring (bicyclic) bond motifs is 4. The number of rotatable bonds is 4. The van der Waals surface area contributed by atoms with Gasteiger partial charge in [-0.3, -0.25) is 9.59 Å². The molecule has 1 N–H and O–H groups in total. The SMILES string of the molecule is O=C(Nc1ccc(S(=O)(=O)N2CC3CC(C2)c2cccc(=O)n2C3)cc1)c1ccccc1Br. The van der Waals surface area contributed by atoms with Crippen LogP contribution in [0.25, 0.3) is 0 Å². The highest BCUT2D eigenvalue weighted by atomic mass is 79.9. The second kappa shape index (κ2) is 8.55. The number of halogens is 1. The molecule has 2 aliphatic heterocycles. The summed E-state index contributed by atoms with van der Waals surface area (Å²) in [6, 6.07) is 18.5. The first-order valence-corrected chi connectivity index (χ1v) is 12.9. The normalized spacial score (nSPS) is 20.2. The van der Waals surface area contributed by atoms with Crippen molar-refractivity contribution in [2.75, 3.05) is 18.4 Å². The summed E-state index contributed by atoms with van der Waals surface area (Å²) in [6.45, 7) is 1.28. The van der Waals surface area contributed by atoms with Crippen molar-refractivity contribution in [2.45, 2.75) is 23.8 Å². The van der Waals surface area contributed by atoms with Crippen LogP contribution in [0.3, 0.4) is 0 Å². The Bertz CT molecular complexity index is 1390. The molecule has 2 aromatic carbocycles. The van der Waals surface area contributed by atoms with E-state index in [1.165, 1.54) is 16.4 Å². The molecule has 3 heterocycles. The van der Waals surface area contributed by atoms with Crippen molar-refractivity contribution in [3.63, 3.8) is 0 Å². The van der Waals surface area contributed by atoms with Gasteiger partial charge in [-0.15, -0.1) is 0 Å². The maximum absolute atomic E-state index is 13.4. The summed E-state index contributed by atoms with van der Waals surface area (Å²) < 4.78 is 30.7. The molecule has 0 radical (unpaired) electrons. The zero-order valence-corrected chi connectivity index (χ0v) is 20.1. The van der Waals surface area contributed by atoms with Gasteiger partial charge in [-0.2, -0.15) is 4.31 Å². The molecule has 1 aromatic heterocycles. The number of nitrogens with one attached hydrogen (secondary N) is 1. The Hall–Kier alpha value is -2.75. The summed E-state index contributed by atoms with van der Waals surface area (Å²) in [4.78, 5) is 24.9. The Balaban J connectivity index is 1.34. The van der Waals surface area contributed by atoms with Gasteiger partial charge in [0.1, 0.15) is 0 Å². The fraction of sp³-hybridized carbons (Fsp3) is 0.250. The Morgan fingerprint density at radius 3 is 2.45 bits per heavy atom. The number of benzene rings is 2. The molecule has 9 heteroatoms. The number of hydrogen-bond acceptors (Lipinski definition) is 4. The highest BCUT2D eigenvalue weighted by Gasteiger charge is 2.39. The van der Waals surface area contributed by atoms with Gasteiger partial charge >= 0.3 is 0 Å². The van der Waals surface area contributed by atoms with Gasteiger partial charge in [0.15, 0.2) is 0 Å². The summed E-state index contributed by atoms with van der Waals surface area (Å²) in [5.41, 5.74) is 1.88. The Labute approximate surface area is 200 Å². The third kappa shape index (κ3) is 4.16. The fourth-order valence-corrected chi connectivity index (χ4v) is 6.78. The summed E-state index contributed by atoms with van der Waals surface area (Å²) in [5.74, 6) is -0.172. The first-order chi connectivity index (χ1) is 15.8. The molecule has 2 atom stereocenters. The lowest BCUT2D eigenvalue weighted by molar-refractivity contribution is 0.102. The summed E-state index contributed by atoms with van der Waals surface area (Å²) >= 11 is 3.36. The van der Waals surface area contributed by atoms with Gasteiger partial charge in [-0.1, -0.05) is 18.2 Å². The molecule has 1 saturated heterocycles. The molecule has 0 aliphatic carbocycles. The molecule has 5 rings (SSSR count).